The Labute approximate surface area is 91.8 Å². The van der Waals surface area contributed by atoms with Crippen LogP contribution in [-0.2, 0) is 4.79 Å². The van der Waals surface area contributed by atoms with E-state index in [9.17, 15) is 9.18 Å². The zero-order chi connectivity index (χ0) is 12.0. The van der Waals surface area contributed by atoms with E-state index in [2.05, 4.69) is 5.43 Å². The maximum atomic E-state index is 12.6. The Balaban J connectivity index is 2.63. The van der Waals surface area contributed by atoms with E-state index in [1.807, 2.05) is 0 Å². The lowest BCUT2D eigenvalue weighted by atomic mass is 10.3. The van der Waals surface area contributed by atoms with Gasteiger partial charge in [0.2, 0.25) is 0 Å². The molecular formula is C10H12FN3O2. The van der Waals surface area contributed by atoms with E-state index in [0.717, 1.165) is 0 Å². The molecular weight excluding hydrogens is 213 g/mol. The average Bonchev–Trinajstić information content (AvgIpc) is 2.31. The molecule has 0 radical (unpaired) electrons. The van der Waals surface area contributed by atoms with Crippen molar-refractivity contribution in [3.63, 3.8) is 0 Å². The van der Waals surface area contributed by atoms with Crippen molar-refractivity contribution in [2.45, 2.75) is 0 Å². The van der Waals surface area contributed by atoms with Crippen LogP contribution in [0.4, 0.5) is 4.39 Å². The molecule has 5 nitrogen and oxygen atoms in total. The zero-order valence-corrected chi connectivity index (χ0v) is 8.44. The minimum absolute atomic E-state index is 0.00665. The zero-order valence-electron chi connectivity index (χ0n) is 8.44. The van der Waals surface area contributed by atoms with Crippen molar-refractivity contribution in [3.8, 4) is 5.75 Å². The van der Waals surface area contributed by atoms with Crippen molar-refractivity contribution in [3.05, 3.63) is 41.5 Å². The molecule has 0 amide bonds. The van der Waals surface area contributed by atoms with Crippen LogP contribution in [0.1, 0.15) is 0 Å². The summed E-state index contributed by atoms with van der Waals surface area (Å²) in [4.78, 5) is 10.4. The van der Waals surface area contributed by atoms with Crippen LogP contribution in [0.15, 0.2) is 35.7 Å². The number of hydrogen-bond donors (Lipinski definition) is 3. The van der Waals surface area contributed by atoms with Crippen LogP contribution in [0.3, 0.4) is 0 Å². The van der Waals surface area contributed by atoms with Crippen LogP contribution in [-0.4, -0.2) is 12.9 Å². The number of allylic oxidation sites excluding steroid dienone is 1. The van der Waals surface area contributed by atoms with Crippen LogP contribution >= 0.6 is 0 Å². The normalized spacial score (nSPS) is 11.6. The molecule has 16 heavy (non-hydrogen) atoms. The monoisotopic (exact) mass is 225 g/mol. The van der Waals surface area contributed by atoms with Crippen molar-refractivity contribution in [1.29, 1.82) is 0 Å². The first-order valence-corrected chi connectivity index (χ1v) is 4.46. The number of nitrogens with two attached hydrogens (primary N) is 2. The summed E-state index contributed by atoms with van der Waals surface area (Å²) in [6.07, 6.45) is 0.462. The maximum Gasteiger partial charge on any atom is 0.167 e. The minimum Gasteiger partial charge on any atom is -0.487 e. The molecule has 1 aromatic carbocycles. The van der Waals surface area contributed by atoms with Crippen molar-refractivity contribution in [2.24, 2.45) is 11.6 Å². The summed E-state index contributed by atoms with van der Waals surface area (Å²) < 4.78 is 17.8. The van der Waals surface area contributed by atoms with Crippen LogP contribution in [0.5, 0.6) is 5.75 Å². The molecule has 0 heterocycles. The van der Waals surface area contributed by atoms with Gasteiger partial charge in [-0.05, 0) is 24.3 Å². The minimum atomic E-state index is -0.354. The lowest BCUT2D eigenvalue weighted by Gasteiger charge is -2.10. The van der Waals surface area contributed by atoms with E-state index in [-0.39, 0.29) is 23.8 Å². The number of carbonyl (C=O) groups is 1. The highest BCUT2D eigenvalue weighted by molar-refractivity contribution is 5.72. The number of hydrogen-bond acceptors (Lipinski definition) is 5. The van der Waals surface area contributed by atoms with E-state index in [0.29, 0.717) is 12.0 Å². The number of hydrazine groups is 1. The predicted octanol–water partition coefficient (Wildman–Crippen LogP) is 0.0370. The number of rotatable bonds is 5. The van der Waals surface area contributed by atoms with Gasteiger partial charge in [0, 0.05) is 0 Å². The molecule has 0 aromatic heterocycles. The summed E-state index contributed by atoms with van der Waals surface area (Å²) in [7, 11) is 0. The number of halogens is 1. The molecule has 0 aliphatic carbocycles. The summed E-state index contributed by atoms with van der Waals surface area (Å²) in [5.74, 6) is 5.25. The van der Waals surface area contributed by atoms with Crippen LogP contribution < -0.4 is 21.7 Å². The van der Waals surface area contributed by atoms with E-state index in [4.69, 9.17) is 16.3 Å². The highest BCUT2D eigenvalue weighted by atomic mass is 19.1. The fraction of sp³-hybridized carbons (Fsp3) is 0.100. The molecule has 6 heteroatoms. The molecule has 0 saturated heterocycles. The predicted molar refractivity (Wildman–Crippen MR) is 56.5 cm³/mol. The summed E-state index contributed by atoms with van der Waals surface area (Å²) >= 11 is 0. The molecule has 0 aliphatic rings. The van der Waals surface area contributed by atoms with E-state index in [1.165, 1.54) is 24.3 Å². The molecule has 1 aromatic rings. The molecule has 0 aliphatic heterocycles. The SMILES string of the molecule is NN/C(COc1ccc(F)cc1)=C(\N)C=O. The molecule has 0 fully saturated rings. The number of nitrogens with one attached hydrogen (secondary N) is 1. The maximum absolute atomic E-state index is 12.6. The van der Waals surface area contributed by atoms with Crippen molar-refractivity contribution in [1.82, 2.24) is 5.43 Å². The lowest BCUT2D eigenvalue weighted by Crippen LogP contribution is -2.29. The summed E-state index contributed by atoms with van der Waals surface area (Å²) in [6.45, 7) is 0.00665. The Morgan fingerprint density at radius 3 is 2.56 bits per heavy atom. The summed E-state index contributed by atoms with van der Waals surface area (Å²) in [5, 5.41) is 0. The first-order valence-electron chi connectivity index (χ1n) is 4.46. The van der Waals surface area contributed by atoms with Crippen LogP contribution in [0.25, 0.3) is 0 Å². The molecule has 1 rings (SSSR count). The van der Waals surface area contributed by atoms with E-state index >= 15 is 0 Å². The lowest BCUT2D eigenvalue weighted by molar-refractivity contribution is -0.105. The Hall–Kier alpha value is -2.08. The van der Waals surface area contributed by atoms with Crippen molar-refractivity contribution >= 4 is 6.29 Å². The van der Waals surface area contributed by atoms with Gasteiger partial charge in [-0.2, -0.15) is 0 Å². The average molecular weight is 225 g/mol. The third kappa shape index (κ3) is 3.25. The Morgan fingerprint density at radius 1 is 1.44 bits per heavy atom. The number of ether oxygens (including phenoxy) is 1. The van der Waals surface area contributed by atoms with Gasteiger partial charge < -0.3 is 15.9 Å². The van der Waals surface area contributed by atoms with Gasteiger partial charge >= 0.3 is 0 Å². The topological polar surface area (TPSA) is 90.4 Å². The van der Waals surface area contributed by atoms with E-state index < -0.39 is 0 Å². The molecule has 0 saturated carbocycles. The first-order chi connectivity index (χ1) is 7.67. The van der Waals surface area contributed by atoms with Gasteiger partial charge in [-0.1, -0.05) is 0 Å². The standard InChI is InChI=1S/C10H12FN3O2/c11-7-1-3-8(4-2-7)16-6-10(14-13)9(12)5-15/h1-5,14H,6,12-13H2/b10-9-. The second-order valence-corrected chi connectivity index (χ2v) is 2.94. The molecule has 0 spiro atoms. The Morgan fingerprint density at radius 2 is 2.06 bits per heavy atom. The highest BCUT2D eigenvalue weighted by Gasteiger charge is 2.02. The highest BCUT2D eigenvalue weighted by Crippen LogP contribution is 2.11. The van der Waals surface area contributed by atoms with Gasteiger partial charge in [0.15, 0.2) is 6.29 Å². The second kappa shape index (κ2) is 5.72. The van der Waals surface area contributed by atoms with Gasteiger partial charge in [0.05, 0.1) is 11.4 Å². The molecule has 5 N–H and O–H groups in total. The van der Waals surface area contributed by atoms with Gasteiger partial charge in [-0.25, -0.2) is 4.39 Å². The Kier molecular flexibility index (Phi) is 4.28. The Bertz CT molecular complexity index is 390. The quantitative estimate of drug-likeness (QED) is 0.285. The van der Waals surface area contributed by atoms with E-state index in [1.54, 1.807) is 0 Å². The summed E-state index contributed by atoms with van der Waals surface area (Å²) in [6, 6.07) is 5.44. The fourth-order valence-electron chi connectivity index (χ4n) is 0.966. The molecule has 0 bridgehead atoms. The van der Waals surface area contributed by atoms with Crippen LogP contribution in [0, 0.1) is 5.82 Å². The molecule has 0 unspecified atom stereocenters. The van der Waals surface area contributed by atoms with Crippen molar-refractivity contribution in [2.75, 3.05) is 6.61 Å². The van der Waals surface area contributed by atoms with Crippen LogP contribution in [0.2, 0.25) is 0 Å². The van der Waals surface area contributed by atoms with Gasteiger partial charge in [0.1, 0.15) is 18.2 Å². The second-order valence-electron chi connectivity index (χ2n) is 2.94. The number of carbonyl (C=O) groups excluding carboxylic acids is 1. The third-order valence-electron chi connectivity index (χ3n) is 1.85. The molecule has 86 valence electrons. The smallest absolute Gasteiger partial charge is 0.167 e. The third-order valence-corrected chi connectivity index (χ3v) is 1.85. The van der Waals surface area contributed by atoms with Gasteiger partial charge in [-0.3, -0.25) is 10.6 Å². The number of aldehydes is 1. The largest absolute Gasteiger partial charge is 0.487 e. The summed E-state index contributed by atoms with van der Waals surface area (Å²) in [5.41, 5.74) is 7.83. The first kappa shape index (κ1) is 12.0. The van der Waals surface area contributed by atoms with Gasteiger partial charge in [0.25, 0.3) is 0 Å². The van der Waals surface area contributed by atoms with Crippen molar-refractivity contribution < 1.29 is 13.9 Å². The fourth-order valence-corrected chi connectivity index (χ4v) is 0.966. The molecule has 0 atom stereocenters. The number of benzene rings is 1. The van der Waals surface area contributed by atoms with Gasteiger partial charge in [-0.15, -0.1) is 0 Å².